The Balaban J connectivity index is 1.96. The van der Waals surface area contributed by atoms with Crippen molar-refractivity contribution in [3.63, 3.8) is 0 Å². The van der Waals surface area contributed by atoms with Crippen molar-refractivity contribution in [2.24, 2.45) is 4.99 Å². The van der Waals surface area contributed by atoms with E-state index in [4.69, 9.17) is 0 Å². The molecule has 0 saturated heterocycles. The summed E-state index contributed by atoms with van der Waals surface area (Å²) < 4.78 is 0. The molecule has 104 valence electrons. The van der Waals surface area contributed by atoms with E-state index in [2.05, 4.69) is 59.6 Å². The molecule has 0 bridgehead atoms. The molecule has 1 aromatic rings. The molecule has 0 fully saturated rings. The van der Waals surface area contributed by atoms with E-state index < -0.39 is 0 Å². The number of amidine groups is 1. The van der Waals surface area contributed by atoms with Crippen molar-refractivity contribution < 1.29 is 0 Å². The highest BCUT2D eigenvalue weighted by molar-refractivity contribution is 5.82. The molecule has 2 rings (SSSR count). The third-order valence-electron chi connectivity index (χ3n) is 3.68. The summed E-state index contributed by atoms with van der Waals surface area (Å²) in [7, 11) is 4.27. The molecule has 3 heteroatoms. The fourth-order valence-electron chi connectivity index (χ4n) is 2.51. The summed E-state index contributed by atoms with van der Waals surface area (Å²) in [6.07, 6.45) is 4.92. The Morgan fingerprint density at radius 3 is 2.68 bits per heavy atom. The van der Waals surface area contributed by atoms with Gasteiger partial charge in [-0.25, -0.2) is 0 Å². The van der Waals surface area contributed by atoms with Gasteiger partial charge < -0.3 is 10.2 Å². The van der Waals surface area contributed by atoms with Crippen LogP contribution in [-0.4, -0.2) is 37.9 Å². The zero-order valence-electron chi connectivity index (χ0n) is 12.1. The molecule has 19 heavy (non-hydrogen) atoms. The lowest BCUT2D eigenvalue weighted by atomic mass is 10.1. The van der Waals surface area contributed by atoms with Crippen LogP contribution < -0.4 is 5.32 Å². The van der Waals surface area contributed by atoms with Gasteiger partial charge in [0.25, 0.3) is 0 Å². The highest BCUT2D eigenvalue weighted by atomic mass is 15.1. The van der Waals surface area contributed by atoms with E-state index in [1.165, 1.54) is 30.7 Å². The quantitative estimate of drug-likeness (QED) is 0.900. The first-order chi connectivity index (χ1) is 9.27. The zero-order valence-corrected chi connectivity index (χ0v) is 12.1. The van der Waals surface area contributed by atoms with Gasteiger partial charge in [-0.1, -0.05) is 36.8 Å². The molecule has 1 heterocycles. The minimum absolute atomic E-state index is 0.396. The Bertz CT molecular complexity index is 398. The summed E-state index contributed by atoms with van der Waals surface area (Å²) in [4.78, 5) is 6.90. The second kappa shape index (κ2) is 7.29. The maximum Gasteiger partial charge on any atom is 0.0963 e. The summed E-state index contributed by atoms with van der Waals surface area (Å²) in [5.74, 6) is 1.19. The van der Waals surface area contributed by atoms with Crippen LogP contribution >= 0.6 is 0 Å². The van der Waals surface area contributed by atoms with Gasteiger partial charge in [-0.15, -0.1) is 0 Å². The third-order valence-corrected chi connectivity index (χ3v) is 3.68. The normalized spacial score (nSPS) is 17.7. The van der Waals surface area contributed by atoms with Crippen molar-refractivity contribution >= 4 is 5.84 Å². The number of rotatable bonds is 4. The summed E-state index contributed by atoms with van der Waals surface area (Å²) in [5.41, 5.74) is 1.36. The van der Waals surface area contributed by atoms with E-state index in [1.54, 1.807) is 0 Å². The van der Waals surface area contributed by atoms with Crippen molar-refractivity contribution in [1.82, 2.24) is 10.2 Å². The monoisotopic (exact) mass is 259 g/mol. The van der Waals surface area contributed by atoms with Gasteiger partial charge in [0.2, 0.25) is 0 Å². The first-order valence-electron chi connectivity index (χ1n) is 7.26. The lowest BCUT2D eigenvalue weighted by molar-refractivity contribution is 0.298. The molecule has 0 amide bonds. The van der Waals surface area contributed by atoms with Crippen molar-refractivity contribution in [1.29, 1.82) is 0 Å². The van der Waals surface area contributed by atoms with Gasteiger partial charge in [0.05, 0.1) is 11.9 Å². The fourth-order valence-corrected chi connectivity index (χ4v) is 2.51. The van der Waals surface area contributed by atoms with Crippen LogP contribution in [0.25, 0.3) is 0 Å². The second-order valence-electron chi connectivity index (χ2n) is 5.41. The molecular formula is C16H25N3. The van der Waals surface area contributed by atoms with Crippen LogP contribution in [-0.2, 0) is 0 Å². The minimum atomic E-state index is 0.396. The number of likely N-dealkylation sites (N-methyl/N-ethyl adjacent to an activating group) is 1. The average molecular weight is 259 g/mol. The molecule has 0 unspecified atom stereocenters. The molecular weight excluding hydrogens is 234 g/mol. The Kier molecular flexibility index (Phi) is 5.40. The molecule has 1 N–H and O–H groups in total. The minimum Gasteiger partial charge on any atom is -0.372 e. The van der Waals surface area contributed by atoms with Gasteiger partial charge in [-0.05, 0) is 32.5 Å². The van der Waals surface area contributed by atoms with E-state index >= 15 is 0 Å². The standard InChI is InChI=1S/C16H25N3/c1-19(2)15(14-9-5-3-6-10-14)13-18-16-11-7-4-8-12-17-16/h3,5-6,9-10,15H,4,7-8,11-13H2,1-2H3,(H,17,18)/t15-/m0/s1. The zero-order chi connectivity index (χ0) is 13.5. The fraction of sp³-hybridized carbons (Fsp3) is 0.562. The predicted octanol–water partition coefficient (Wildman–Crippen LogP) is 2.85. The van der Waals surface area contributed by atoms with Crippen molar-refractivity contribution in [2.45, 2.75) is 31.7 Å². The Morgan fingerprint density at radius 2 is 1.95 bits per heavy atom. The molecule has 1 aliphatic rings. The molecule has 1 aliphatic heterocycles. The molecule has 0 spiro atoms. The van der Waals surface area contributed by atoms with Crippen molar-refractivity contribution in [3.8, 4) is 0 Å². The molecule has 0 saturated carbocycles. The number of nitrogens with one attached hydrogen (secondary N) is 1. The topological polar surface area (TPSA) is 27.6 Å². The summed E-state index contributed by atoms with van der Waals surface area (Å²) >= 11 is 0. The van der Waals surface area contributed by atoms with E-state index in [0.717, 1.165) is 19.5 Å². The van der Waals surface area contributed by atoms with Crippen LogP contribution in [0.4, 0.5) is 0 Å². The van der Waals surface area contributed by atoms with Crippen molar-refractivity contribution in [2.75, 3.05) is 27.2 Å². The van der Waals surface area contributed by atoms with Gasteiger partial charge in [-0.2, -0.15) is 0 Å². The molecule has 0 aromatic heterocycles. The molecule has 3 nitrogen and oxygen atoms in total. The highest BCUT2D eigenvalue weighted by Crippen LogP contribution is 2.17. The molecule has 0 aliphatic carbocycles. The molecule has 1 aromatic carbocycles. The van der Waals surface area contributed by atoms with Gasteiger partial charge in [-0.3, -0.25) is 4.99 Å². The Hall–Kier alpha value is -1.35. The Morgan fingerprint density at radius 1 is 1.16 bits per heavy atom. The Labute approximate surface area is 116 Å². The highest BCUT2D eigenvalue weighted by Gasteiger charge is 2.14. The van der Waals surface area contributed by atoms with Crippen LogP contribution in [0.1, 0.15) is 37.3 Å². The van der Waals surface area contributed by atoms with E-state index in [0.29, 0.717) is 6.04 Å². The number of benzene rings is 1. The SMILES string of the molecule is CN(C)[C@@H](CNC1=NCCCCC1)c1ccccc1. The number of nitrogens with zero attached hydrogens (tertiary/aromatic N) is 2. The van der Waals surface area contributed by atoms with Crippen LogP contribution in [0.3, 0.4) is 0 Å². The number of hydrogen-bond acceptors (Lipinski definition) is 3. The first-order valence-corrected chi connectivity index (χ1v) is 7.26. The summed E-state index contributed by atoms with van der Waals surface area (Å²) in [6.45, 7) is 1.91. The maximum atomic E-state index is 4.64. The second-order valence-corrected chi connectivity index (χ2v) is 5.41. The third kappa shape index (κ3) is 4.35. The summed E-state index contributed by atoms with van der Waals surface area (Å²) in [5, 5.41) is 3.55. The predicted molar refractivity (Wildman–Crippen MR) is 81.6 cm³/mol. The molecule has 0 radical (unpaired) electrons. The molecule has 1 atom stereocenters. The lowest BCUT2D eigenvalue weighted by Crippen LogP contribution is -2.34. The van der Waals surface area contributed by atoms with Crippen LogP contribution in [0.5, 0.6) is 0 Å². The van der Waals surface area contributed by atoms with E-state index in [-0.39, 0.29) is 0 Å². The largest absolute Gasteiger partial charge is 0.372 e. The number of hydrogen-bond donors (Lipinski definition) is 1. The smallest absolute Gasteiger partial charge is 0.0963 e. The average Bonchev–Trinajstić information content (AvgIpc) is 2.68. The van der Waals surface area contributed by atoms with Gasteiger partial charge in [0.15, 0.2) is 0 Å². The lowest BCUT2D eigenvalue weighted by Gasteiger charge is -2.25. The van der Waals surface area contributed by atoms with Gasteiger partial charge >= 0.3 is 0 Å². The van der Waals surface area contributed by atoms with E-state index in [9.17, 15) is 0 Å². The van der Waals surface area contributed by atoms with Crippen LogP contribution in [0.2, 0.25) is 0 Å². The maximum absolute atomic E-state index is 4.64. The number of aliphatic imine (C=N–C) groups is 1. The van der Waals surface area contributed by atoms with Gasteiger partial charge in [0.1, 0.15) is 0 Å². The van der Waals surface area contributed by atoms with E-state index in [1.807, 2.05) is 0 Å². The first kappa shape index (κ1) is 14.1. The van der Waals surface area contributed by atoms with Crippen LogP contribution in [0.15, 0.2) is 35.3 Å². The van der Waals surface area contributed by atoms with Crippen molar-refractivity contribution in [3.05, 3.63) is 35.9 Å². The van der Waals surface area contributed by atoms with Crippen LogP contribution in [0, 0.1) is 0 Å². The summed E-state index contributed by atoms with van der Waals surface area (Å²) in [6, 6.07) is 11.1. The van der Waals surface area contributed by atoms with Gasteiger partial charge in [0, 0.05) is 19.5 Å².